The van der Waals surface area contributed by atoms with Crippen LogP contribution in [0.1, 0.15) is 41.9 Å². The van der Waals surface area contributed by atoms with Gasteiger partial charge in [0.25, 0.3) is 5.91 Å². The number of likely N-dealkylation sites (tertiary alicyclic amines) is 1. The Kier molecular flexibility index (Phi) is 4.29. The lowest BCUT2D eigenvalue weighted by atomic mass is 9.58. The first-order chi connectivity index (χ1) is 12.2. The van der Waals surface area contributed by atoms with Crippen LogP contribution in [0, 0.1) is 5.41 Å². The smallest absolute Gasteiger partial charge is 0.274 e. The summed E-state index contributed by atoms with van der Waals surface area (Å²) in [5.41, 5.74) is 0.791. The second-order valence-electron chi connectivity index (χ2n) is 7.29. The van der Waals surface area contributed by atoms with Gasteiger partial charge in [-0.25, -0.2) is 4.98 Å². The third-order valence-electron chi connectivity index (χ3n) is 5.97. The molecule has 3 heterocycles. The molecule has 2 fully saturated rings. The molecule has 4 rings (SSSR count). The van der Waals surface area contributed by atoms with Gasteiger partial charge in [0.05, 0.1) is 19.0 Å². The zero-order chi connectivity index (χ0) is 17.3. The third-order valence-corrected chi connectivity index (χ3v) is 5.97. The average molecular weight is 340 g/mol. The minimum Gasteiger partial charge on any atom is -0.468 e. The van der Waals surface area contributed by atoms with Gasteiger partial charge >= 0.3 is 0 Å². The Morgan fingerprint density at radius 1 is 1.36 bits per heavy atom. The minimum atomic E-state index is 0.00256. The monoisotopic (exact) mass is 340 g/mol. The predicted octanol–water partition coefficient (Wildman–Crippen LogP) is 2.59. The molecule has 132 valence electrons. The fourth-order valence-electron chi connectivity index (χ4n) is 4.44. The van der Waals surface area contributed by atoms with E-state index in [1.165, 1.54) is 12.8 Å². The van der Waals surface area contributed by atoms with Gasteiger partial charge in [0.1, 0.15) is 11.5 Å². The predicted molar refractivity (Wildman–Crippen MR) is 92.8 cm³/mol. The quantitative estimate of drug-likeness (QED) is 0.856. The van der Waals surface area contributed by atoms with Gasteiger partial charge in [-0.2, -0.15) is 0 Å². The number of rotatable bonds is 4. The van der Waals surface area contributed by atoms with Gasteiger partial charge in [-0.05, 0) is 50.3 Å². The zero-order valence-corrected chi connectivity index (χ0v) is 14.6. The Labute approximate surface area is 147 Å². The van der Waals surface area contributed by atoms with Crippen LogP contribution in [0.25, 0.3) is 0 Å². The number of hydrogen-bond acceptors (Lipinski definition) is 5. The van der Waals surface area contributed by atoms with Crippen molar-refractivity contribution in [2.45, 2.75) is 38.3 Å². The lowest BCUT2D eigenvalue weighted by molar-refractivity contribution is -0.0590. The number of nitrogens with zero attached hydrogens (tertiary/aromatic N) is 4. The van der Waals surface area contributed by atoms with E-state index in [-0.39, 0.29) is 5.91 Å². The number of amides is 1. The molecular formula is C19H24N4O2. The van der Waals surface area contributed by atoms with Crippen molar-refractivity contribution in [3.63, 3.8) is 0 Å². The van der Waals surface area contributed by atoms with Crippen molar-refractivity contribution in [2.24, 2.45) is 5.41 Å². The molecule has 1 atom stereocenters. The standard InChI is InChI=1S/C19H24N4O2/c1-22(14-15-3-2-12-25-15)17-4-5-19(17)6-10-23(11-7-19)18(24)16-13-20-8-9-21-16/h2-3,8-9,12-13,17H,4-7,10-11,14H2,1H3/t17-/m1/s1. The molecule has 1 saturated carbocycles. The number of aromatic nitrogens is 2. The molecule has 0 radical (unpaired) electrons. The van der Waals surface area contributed by atoms with Gasteiger partial charge in [-0.3, -0.25) is 14.7 Å². The van der Waals surface area contributed by atoms with E-state index in [1.54, 1.807) is 24.9 Å². The summed E-state index contributed by atoms with van der Waals surface area (Å²) in [6.45, 7) is 2.46. The number of carbonyl (C=O) groups is 1. The molecule has 1 spiro atoms. The average Bonchev–Trinajstić information content (AvgIpc) is 3.14. The molecule has 0 bridgehead atoms. The summed E-state index contributed by atoms with van der Waals surface area (Å²) in [7, 11) is 2.19. The second kappa shape index (κ2) is 6.59. The second-order valence-corrected chi connectivity index (χ2v) is 7.29. The largest absolute Gasteiger partial charge is 0.468 e. The maximum Gasteiger partial charge on any atom is 0.274 e. The van der Waals surface area contributed by atoms with Crippen LogP contribution < -0.4 is 0 Å². The molecule has 0 N–H and O–H groups in total. The van der Waals surface area contributed by atoms with E-state index in [0.29, 0.717) is 17.2 Å². The first-order valence-corrected chi connectivity index (χ1v) is 8.96. The van der Waals surface area contributed by atoms with Gasteiger partial charge in [0.2, 0.25) is 0 Å². The molecule has 1 amide bonds. The van der Waals surface area contributed by atoms with Crippen molar-refractivity contribution >= 4 is 5.91 Å². The van der Waals surface area contributed by atoms with Crippen LogP contribution in [0.15, 0.2) is 41.4 Å². The minimum absolute atomic E-state index is 0.00256. The molecule has 1 saturated heterocycles. The van der Waals surface area contributed by atoms with Crippen molar-refractivity contribution in [3.05, 3.63) is 48.4 Å². The Morgan fingerprint density at radius 2 is 2.20 bits per heavy atom. The topological polar surface area (TPSA) is 62.5 Å². The van der Waals surface area contributed by atoms with Gasteiger partial charge < -0.3 is 9.32 Å². The first-order valence-electron chi connectivity index (χ1n) is 8.96. The molecule has 1 aliphatic heterocycles. The Hall–Kier alpha value is -2.21. The Bertz CT molecular complexity index is 708. The highest BCUT2D eigenvalue weighted by molar-refractivity contribution is 5.92. The fourth-order valence-corrected chi connectivity index (χ4v) is 4.44. The third kappa shape index (κ3) is 3.06. The highest BCUT2D eigenvalue weighted by Crippen LogP contribution is 2.51. The Morgan fingerprint density at radius 3 is 2.80 bits per heavy atom. The molecule has 6 heteroatoms. The van der Waals surface area contributed by atoms with Crippen LogP contribution in [-0.4, -0.2) is 51.9 Å². The summed E-state index contributed by atoms with van der Waals surface area (Å²) in [5.74, 6) is 1.02. The zero-order valence-electron chi connectivity index (χ0n) is 14.6. The molecule has 2 aromatic heterocycles. The fraction of sp³-hybridized carbons (Fsp3) is 0.526. The summed E-state index contributed by atoms with van der Waals surface area (Å²) in [4.78, 5) is 25.0. The van der Waals surface area contributed by atoms with Gasteiger partial charge in [0, 0.05) is 31.5 Å². The lowest BCUT2D eigenvalue weighted by Gasteiger charge is -2.56. The van der Waals surface area contributed by atoms with Crippen molar-refractivity contribution < 1.29 is 9.21 Å². The molecule has 6 nitrogen and oxygen atoms in total. The normalized spacial score (nSPS) is 22.2. The van der Waals surface area contributed by atoms with E-state index in [4.69, 9.17) is 4.42 Å². The molecule has 0 aromatic carbocycles. The summed E-state index contributed by atoms with van der Waals surface area (Å²) >= 11 is 0. The van der Waals surface area contributed by atoms with E-state index in [9.17, 15) is 4.79 Å². The van der Waals surface area contributed by atoms with Crippen molar-refractivity contribution in [1.82, 2.24) is 19.8 Å². The van der Waals surface area contributed by atoms with E-state index in [2.05, 4.69) is 21.9 Å². The van der Waals surface area contributed by atoms with E-state index >= 15 is 0 Å². The molecule has 0 unspecified atom stereocenters. The highest BCUT2D eigenvalue weighted by atomic mass is 16.3. The van der Waals surface area contributed by atoms with Gasteiger partial charge in [-0.15, -0.1) is 0 Å². The summed E-state index contributed by atoms with van der Waals surface area (Å²) in [6, 6.07) is 4.55. The van der Waals surface area contributed by atoms with E-state index in [1.807, 2.05) is 17.0 Å². The number of furan rings is 1. The van der Waals surface area contributed by atoms with Crippen molar-refractivity contribution in [1.29, 1.82) is 0 Å². The SMILES string of the molecule is CN(Cc1ccco1)[C@@H]1CCC12CCN(C(=O)c1cnccn1)CC2. The molecule has 2 aromatic rings. The molecule has 25 heavy (non-hydrogen) atoms. The van der Waals surface area contributed by atoms with E-state index < -0.39 is 0 Å². The molecule has 1 aliphatic carbocycles. The highest BCUT2D eigenvalue weighted by Gasteiger charge is 2.50. The lowest BCUT2D eigenvalue weighted by Crippen LogP contribution is -2.58. The van der Waals surface area contributed by atoms with Crippen LogP contribution in [0.2, 0.25) is 0 Å². The summed E-state index contributed by atoms with van der Waals surface area (Å²) in [6.07, 6.45) is 11.1. The van der Waals surface area contributed by atoms with Gasteiger partial charge in [0.15, 0.2) is 0 Å². The molecular weight excluding hydrogens is 316 g/mol. The number of carbonyl (C=O) groups excluding carboxylic acids is 1. The van der Waals surface area contributed by atoms with Crippen LogP contribution in [0.3, 0.4) is 0 Å². The van der Waals surface area contributed by atoms with Crippen LogP contribution in [0.5, 0.6) is 0 Å². The maximum atomic E-state index is 12.5. The van der Waals surface area contributed by atoms with Crippen LogP contribution >= 0.6 is 0 Å². The van der Waals surface area contributed by atoms with E-state index in [0.717, 1.165) is 38.2 Å². The summed E-state index contributed by atoms with van der Waals surface area (Å²) in [5, 5.41) is 0. The van der Waals surface area contributed by atoms with Crippen LogP contribution in [0.4, 0.5) is 0 Å². The van der Waals surface area contributed by atoms with Crippen molar-refractivity contribution in [2.75, 3.05) is 20.1 Å². The number of piperidine rings is 1. The van der Waals surface area contributed by atoms with Crippen LogP contribution in [-0.2, 0) is 6.54 Å². The Balaban J connectivity index is 1.37. The summed E-state index contributed by atoms with van der Waals surface area (Å²) < 4.78 is 5.49. The number of hydrogen-bond donors (Lipinski definition) is 0. The first kappa shape index (κ1) is 16.3. The van der Waals surface area contributed by atoms with Gasteiger partial charge in [-0.1, -0.05) is 0 Å². The van der Waals surface area contributed by atoms with Crippen molar-refractivity contribution in [3.8, 4) is 0 Å². The molecule has 2 aliphatic rings. The maximum absolute atomic E-state index is 12.5.